The van der Waals surface area contributed by atoms with Gasteiger partial charge in [0.25, 0.3) is 5.91 Å². The number of nitrogens with one attached hydrogen (secondary N) is 1. The third-order valence-corrected chi connectivity index (χ3v) is 3.97. The first-order chi connectivity index (χ1) is 10.9. The molecule has 23 heavy (non-hydrogen) atoms. The molecule has 1 aromatic heterocycles. The Hall–Kier alpha value is -1.92. The Kier molecular flexibility index (Phi) is 5.74. The summed E-state index contributed by atoms with van der Waals surface area (Å²) in [5.74, 6) is -0.642. The molecule has 1 heterocycles. The van der Waals surface area contributed by atoms with Gasteiger partial charge in [-0.05, 0) is 42.8 Å². The fourth-order valence-corrected chi connectivity index (χ4v) is 2.67. The number of rotatable bonds is 4. The summed E-state index contributed by atoms with van der Waals surface area (Å²) in [7, 11) is 1.54. The minimum absolute atomic E-state index is 0.0838. The van der Waals surface area contributed by atoms with Crippen LogP contribution in [-0.4, -0.2) is 35.3 Å². The van der Waals surface area contributed by atoms with E-state index >= 15 is 0 Å². The third kappa shape index (κ3) is 4.53. The van der Waals surface area contributed by atoms with E-state index < -0.39 is 0 Å². The summed E-state index contributed by atoms with van der Waals surface area (Å²) in [6, 6.07) is 8.74. The lowest BCUT2D eigenvalue weighted by atomic mass is 10.2. The van der Waals surface area contributed by atoms with Crippen LogP contribution in [0.25, 0.3) is 0 Å². The van der Waals surface area contributed by atoms with Gasteiger partial charge in [0.15, 0.2) is 0 Å². The molecule has 0 aliphatic heterocycles. The molecule has 0 atom stereocenters. The van der Waals surface area contributed by atoms with Gasteiger partial charge in [-0.1, -0.05) is 27.5 Å². The standard InChI is InChI=1S/C16H15BrClN3O2/c1-10-8-11(17)5-6-13(10)20-14(22)9-21(2)16(23)12-4-3-7-19-15(12)18/h3-8H,9H2,1-2H3,(H,20,22). The smallest absolute Gasteiger partial charge is 0.257 e. The number of amides is 2. The molecule has 120 valence electrons. The summed E-state index contributed by atoms with van der Waals surface area (Å²) in [6.07, 6.45) is 1.50. The third-order valence-electron chi connectivity index (χ3n) is 3.18. The Morgan fingerprint density at radius 2 is 2.09 bits per heavy atom. The zero-order valence-corrected chi connectivity index (χ0v) is 15.0. The van der Waals surface area contributed by atoms with E-state index in [1.54, 1.807) is 25.2 Å². The fraction of sp³-hybridized carbons (Fsp3) is 0.188. The average Bonchev–Trinajstić information content (AvgIpc) is 2.50. The number of aryl methyl sites for hydroxylation is 1. The largest absolute Gasteiger partial charge is 0.332 e. The van der Waals surface area contributed by atoms with Gasteiger partial charge in [0.1, 0.15) is 5.15 Å². The lowest BCUT2D eigenvalue weighted by Gasteiger charge is -2.17. The Morgan fingerprint density at radius 1 is 1.35 bits per heavy atom. The molecule has 2 amide bonds. The van der Waals surface area contributed by atoms with Crippen LogP contribution in [0.3, 0.4) is 0 Å². The van der Waals surface area contributed by atoms with Crippen LogP contribution >= 0.6 is 27.5 Å². The zero-order chi connectivity index (χ0) is 17.0. The predicted molar refractivity (Wildman–Crippen MR) is 93.7 cm³/mol. The molecule has 0 saturated heterocycles. The highest BCUT2D eigenvalue weighted by atomic mass is 79.9. The van der Waals surface area contributed by atoms with Crippen molar-refractivity contribution in [3.05, 3.63) is 57.3 Å². The molecule has 0 radical (unpaired) electrons. The molecule has 0 unspecified atom stereocenters. The van der Waals surface area contributed by atoms with E-state index in [1.807, 2.05) is 19.1 Å². The van der Waals surface area contributed by atoms with E-state index in [-0.39, 0.29) is 29.1 Å². The molecule has 2 rings (SSSR count). The Labute approximate surface area is 147 Å². The van der Waals surface area contributed by atoms with Crippen molar-refractivity contribution in [2.24, 2.45) is 0 Å². The Balaban J connectivity index is 2.02. The molecule has 0 aliphatic carbocycles. The van der Waals surface area contributed by atoms with Gasteiger partial charge in [0.05, 0.1) is 12.1 Å². The van der Waals surface area contributed by atoms with Crippen molar-refractivity contribution in [3.8, 4) is 0 Å². The number of carbonyl (C=O) groups excluding carboxylic acids is 2. The van der Waals surface area contributed by atoms with Crippen LogP contribution in [0.15, 0.2) is 41.0 Å². The lowest BCUT2D eigenvalue weighted by molar-refractivity contribution is -0.116. The second kappa shape index (κ2) is 7.57. The minimum Gasteiger partial charge on any atom is -0.332 e. The molecule has 0 spiro atoms. The Bertz CT molecular complexity index is 752. The van der Waals surface area contributed by atoms with Crippen LogP contribution < -0.4 is 5.32 Å². The SMILES string of the molecule is Cc1cc(Br)ccc1NC(=O)CN(C)C(=O)c1cccnc1Cl. The normalized spacial score (nSPS) is 10.3. The molecule has 2 aromatic rings. The molecule has 1 aromatic carbocycles. The first-order valence-electron chi connectivity index (χ1n) is 6.80. The molecule has 0 saturated carbocycles. The maximum absolute atomic E-state index is 12.3. The van der Waals surface area contributed by atoms with E-state index in [0.29, 0.717) is 5.69 Å². The van der Waals surface area contributed by atoms with Gasteiger partial charge in [-0.25, -0.2) is 4.98 Å². The number of hydrogen-bond donors (Lipinski definition) is 1. The van der Waals surface area contributed by atoms with Gasteiger partial charge in [0.2, 0.25) is 5.91 Å². The number of halogens is 2. The first-order valence-corrected chi connectivity index (χ1v) is 7.97. The van der Waals surface area contributed by atoms with E-state index in [2.05, 4.69) is 26.2 Å². The minimum atomic E-state index is -0.356. The highest BCUT2D eigenvalue weighted by molar-refractivity contribution is 9.10. The maximum Gasteiger partial charge on any atom is 0.257 e. The number of benzene rings is 1. The maximum atomic E-state index is 12.3. The van der Waals surface area contributed by atoms with Crippen LogP contribution in [0.4, 0.5) is 5.69 Å². The topological polar surface area (TPSA) is 62.3 Å². The summed E-state index contributed by atoms with van der Waals surface area (Å²) < 4.78 is 0.937. The number of carbonyl (C=O) groups is 2. The van der Waals surface area contributed by atoms with E-state index in [9.17, 15) is 9.59 Å². The molecule has 0 aliphatic rings. The molecular weight excluding hydrogens is 382 g/mol. The predicted octanol–water partition coefficient (Wildman–Crippen LogP) is 3.52. The summed E-state index contributed by atoms with van der Waals surface area (Å²) in [5, 5.41) is 2.91. The van der Waals surface area contributed by atoms with Crippen molar-refractivity contribution in [3.63, 3.8) is 0 Å². The number of nitrogens with zero attached hydrogens (tertiary/aromatic N) is 2. The fourth-order valence-electron chi connectivity index (χ4n) is 2.00. The average molecular weight is 397 g/mol. The Morgan fingerprint density at radius 3 is 2.74 bits per heavy atom. The first kappa shape index (κ1) is 17.4. The number of aromatic nitrogens is 1. The lowest BCUT2D eigenvalue weighted by Crippen LogP contribution is -2.35. The van der Waals surface area contributed by atoms with Crippen molar-refractivity contribution in [2.75, 3.05) is 18.9 Å². The van der Waals surface area contributed by atoms with Crippen molar-refractivity contribution in [2.45, 2.75) is 6.92 Å². The van der Waals surface area contributed by atoms with Gasteiger partial charge in [-0.3, -0.25) is 9.59 Å². The summed E-state index contributed by atoms with van der Waals surface area (Å²) >= 11 is 9.27. The molecular formula is C16H15BrClN3O2. The van der Waals surface area contributed by atoms with Crippen molar-refractivity contribution < 1.29 is 9.59 Å². The molecule has 0 bridgehead atoms. The van der Waals surface area contributed by atoms with Crippen molar-refractivity contribution >= 4 is 45.0 Å². The van der Waals surface area contributed by atoms with Crippen molar-refractivity contribution in [1.29, 1.82) is 0 Å². The van der Waals surface area contributed by atoms with E-state index in [1.165, 1.54) is 11.1 Å². The highest BCUT2D eigenvalue weighted by Crippen LogP contribution is 2.20. The highest BCUT2D eigenvalue weighted by Gasteiger charge is 2.18. The van der Waals surface area contributed by atoms with Gasteiger partial charge in [-0.15, -0.1) is 0 Å². The van der Waals surface area contributed by atoms with Crippen molar-refractivity contribution in [1.82, 2.24) is 9.88 Å². The van der Waals surface area contributed by atoms with Crippen LogP contribution in [0, 0.1) is 6.92 Å². The molecule has 5 nitrogen and oxygen atoms in total. The van der Waals surface area contributed by atoms with Gasteiger partial charge >= 0.3 is 0 Å². The molecule has 7 heteroatoms. The molecule has 0 fully saturated rings. The number of likely N-dealkylation sites (N-methyl/N-ethyl adjacent to an activating group) is 1. The van der Waals surface area contributed by atoms with Crippen LogP contribution in [0.2, 0.25) is 5.15 Å². The van der Waals surface area contributed by atoms with E-state index in [0.717, 1.165) is 10.0 Å². The quantitative estimate of drug-likeness (QED) is 0.804. The second-order valence-electron chi connectivity index (χ2n) is 5.01. The zero-order valence-electron chi connectivity index (χ0n) is 12.6. The summed E-state index contributed by atoms with van der Waals surface area (Å²) in [4.78, 5) is 29.6. The summed E-state index contributed by atoms with van der Waals surface area (Å²) in [5.41, 5.74) is 1.90. The van der Waals surface area contributed by atoms with Gasteiger partial charge in [-0.2, -0.15) is 0 Å². The van der Waals surface area contributed by atoms with Crippen LogP contribution in [0.1, 0.15) is 15.9 Å². The monoisotopic (exact) mass is 395 g/mol. The number of hydrogen-bond acceptors (Lipinski definition) is 3. The second-order valence-corrected chi connectivity index (χ2v) is 6.28. The van der Waals surface area contributed by atoms with Gasteiger partial charge in [0, 0.05) is 23.4 Å². The summed E-state index contributed by atoms with van der Waals surface area (Å²) in [6.45, 7) is 1.81. The molecule has 1 N–H and O–H groups in total. The van der Waals surface area contributed by atoms with Crippen LogP contribution in [-0.2, 0) is 4.79 Å². The van der Waals surface area contributed by atoms with Gasteiger partial charge < -0.3 is 10.2 Å². The van der Waals surface area contributed by atoms with E-state index in [4.69, 9.17) is 11.6 Å². The number of pyridine rings is 1. The van der Waals surface area contributed by atoms with Crippen LogP contribution in [0.5, 0.6) is 0 Å². The number of anilines is 1.